The zero-order valence-electron chi connectivity index (χ0n) is 14.6. The standard InChI is InChI=1S/C19H24N4O2/c1-15-13-17(22-19(21-15)23-9-11-25-12-10-23)14-20-18(24)8-7-16-5-3-2-4-6-16/h2-6,13H,7-12,14H2,1H3,(H,20,24). The SMILES string of the molecule is Cc1cc(CNC(=O)CCc2ccccc2)nc(N2CCOCC2)n1. The number of nitrogens with one attached hydrogen (secondary N) is 1. The Labute approximate surface area is 148 Å². The van der Waals surface area contributed by atoms with Crippen molar-refractivity contribution in [2.24, 2.45) is 0 Å². The molecule has 0 bridgehead atoms. The number of amides is 1. The van der Waals surface area contributed by atoms with E-state index >= 15 is 0 Å². The van der Waals surface area contributed by atoms with E-state index in [2.05, 4.69) is 20.2 Å². The Morgan fingerprint density at radius 2 is 1.96 bits per heavy atom. The summed E-state index contributed by atoms with van der Waals surface area (Å²) >= 11 is 0. The van der Waals surface area contributed by atoms with Crippen molar-refractivity contribution in [3.63, 3.8) is 0 Å². The van der Waals surface area contributed by atoms with Gasteiger partial charge in [0.2, 0.25) is 11.9 Å². The van der Waals surface area contributed by atoms with E-state index in [0.717, 1.165) is 36.8 Å². The van der Waals surface area contributed by atoms with Crippen LogP contribution in [0, 0.1) is 6.92 Å². The maximum atomic E-state index is 12.1. The van der Waals surface area contributed by atoms with Crippen LogP contribution in [0.5, 0.6) is 0 Å². The molecule has 25 heavy (non-hydrogen) atoms. The molecule has 6 nitrogen and oxygen atoms in total. The van der Waals surface area contributed by atoms with Gasteiger partial charge in [-0.25, -0.2) is 9.97 Å². The summed E-state index contributed by atoms with van der Waals surface area (Å²) in [6.07, 6.45) is 1.22. The van der Waals surface area contributed by atoms with E-state index in [1.54, 1.807) is 0 Å². The number of ether oxygens (including phenoxy) is 1. The van der Waals surface area contributed by atoms with Crippen LogP contribution in [0.2, 0.25) is 0 Å². The van der Waals surface area contributed by atoms with Gasteiger partial charge in [-0.3, -0.25) is 4.79 Å². The van der Waals surface area contributed by atoms with Gasteiger partial charge in [0, 0.05) is 25.2 Å². The molecule has 0 spiro atoms. The highest BCUT2D eigenvalue weighted by molar-refractivity contribution is 5.76. The van der Waals surface area contributed by atoms with Gasteiger partial charge in [0.25, 0.3) is 0 Å². The van der Waals surface area contributed by atoms with Crippen LogP contribution in [-0.4, -0.2) is 42.2 Å². The Hall–Kier alpha value is -2.47. The van der Waals surface area contributed by atoms with Crippen LogP contribution in [0.25, 0.3) is 0 Å². The van der Waals surface area contributed by atoms with Gasteiger partial charge < -0.3 is 15.0 Å². The highest BCUT2D eigenvalue weighted by Crippen LogP contribution is 2.12. The number of aromatic nitrogens is 2. The predicted molar refractivity (Wildman–Crippen MR) is 96.4 cm³/mol. The van der Waals surface area contributed by atoms with Crippen LogP contribution >= 0.6 is 0 Å². The Morgan fingerprint density at radius 3 is 2.72 bits per heavy atom. The lowest BCUT2D eigenvalue weighted by atomic mass is 10.1. The molecule has 0 atom stereocenters. The van der Waals surface area contributed by atoms with E-state index in [1.807, 2.05) is 43.3 Å². The van der Waals surface area contributed by atoms with Crippen molar-refractivity contribution in [1.82, 2.24) is 15.3 Å². The zero-order valence-corrected chi connectivity index (χ0v) is 14.6. The highest BCUT2D eigenvalue weighted by atomic mass is 16.5. The lowest BCUT2D eigenvalue weighted by molar-refractivity contribution is -0.121. The molecule has 1 saturated heterocycles. The van der Waals surface area contributed by atoms with E-state index < -0.39 is 0 Å². The third kappa shape index (κ3) is 5.26. The van der Waals surface area contributed by atoms with Gasteiger partial charge in [-0.15, -0.1) is 0 Å². The first-order valence-corrected chi connectivity index (χ1v) is 8.68. The van der Waals surface area contributed by atoms with Gasteiger partial charge in [0.15, 0.2) is 0 Å². The topological polar surface area (TPSA) is 67.4 Å². The van der Waals surface area contributed by atoms with Crippen LogP contribution in [0.1, 0.15) is 23.4 Å². The quantitative estimate of drug-likeness (QED) is 0.869. The fourth-order valence-electron chi connectivity index (χ4n) is 2.79. The minimum Gasteiger partial charge on any atom is -0.378 e. The summed E-state index contributed by atoms with van der Waals surface area (Å²) in [4.78, 5) is 23.3. The number of morpholine rings is 1. The summed E-state index contributed by atoms with van der Waals surface area (Å²) in [7, 11) is 0. The third-order valence-electron chi connectivity index (χ3n) is 4.14. The van der Waals surface area contributed by atoms with E-state index in [4.69, 9.17) is 4.74 Å². The molecule has 0 radical (unpaired) electrons. The summed E-state index contributed by atoms with van der Waals surface area (Å²) in [5.74, 6) is 0.755. The first-order valence-electron chi connectivity index (χ1n) is 8.68. The van der Waals surface area contributed by atoms with Gasteiger partial charge >= 0.3 is 0 Å². The molecule has 2 heterocycles. The van der Waals surface area contributed by atoms with Crippen molar-refractivity contribution in [2.45, 2.75) is 26.3 Å². The van der Waals surface area contributed by atoms with E-state index in [9.17, 15) is 4.79 Å². The average Bonchev–Trinajstić information content (AvgIpc) is 2.66. The van der Waals surface area contributed by atoms with Crippen molar-refractivity contribution in [2.75, 3.05) is 31.2 Å². The van der Waals surface area contributed by atoms with Crippen molar-refractivity contribution >= 4 is 11.9 Å². The molecule has 1 fully saturated rings. The molecule has 0 unspecified atom stereocenters. The molecule has 0 aliphatic carbocycles. The predicted octanol–water partition coefficient (Wildman–Crippen LogP) is 1.87. The fraction of sp³-hybridized carbons (Fsp3) is 0.421. The molecular weight excluding hydrogens is 316 g/mol. The van der Waals surface area contributed by atoms with Crippen molar-refractivity contribution in [1.29, 1.82) is 0 Å². The molecule has 3 rings (SSSR count). The third-order valence-corrected chi connectivity index (χ3v) is 4.14. The molecule has 1 aliphatic rings. The highest BCUT2D eigenvalue weighted by Gasteiger charge is 2.15. The van der Waals surface area contributed by atoms with Crippen molar-refractivity contribution in [3.05, 3.63) is 53.3 Å². The molecule has 1 aromatic carbocycles. The largest absolute Gasteiger partial charge is 0.378 e. The Bertz CT molecular complexity index is 700. The summed E-state index contributed by atoms with van der Waals surface area (Å²) in [5, 5.41) is 2.95. The number of hydrogen-bond acceptors (Lipinski definition) is 5. The second kappa shape index (κ2) is 8.58. The van der Waals surface area contributed by atoms with Crippen molar-refractivity contribution < 1.29 is 9.53 Å². The van der Waals surface area contributed by atoms with Gasteiger partial charge in [-0.05, 0) is 25.0 Å². The minimum atomic E-state index is 0.0352. The first kappa shape index (κ1) is 17.4. The lowest BCUT2D eigenvalue weighted by Crippen LogP contribution is -2.37. The van der Waals surface area contributed by atoms with Crippen LogP contribution in [0.3, 0.4) is 0 Å². The molecule has 1 aliphatic heterocycles. The van der Waals surface area contributed by atoms with E-state index in [0.29, 0.717) is 26.2 Å². The number of carbonyl (C=O) groups is 1. The Balaban J connectivity index is 1.53. The van der Waals surface area contributed by atoms with Gasteiger partial charge in [-0.2, -0.15) is 0 Å². The van der Waals surface area contributed by atoms with E-state index in [1.165, 1.54) is 5.56 Å². The molecule has 1 amide bonds. The van der Waals surface area contributed by atoms with Crippen LogP contribution < -0.4 is 10.2 Å². The van der Waals surface area contributed by atoms with Crippen LogP contribution in [-0.2, 0) is 22.5 Å². The van der Waals surface area contributed by atoms with Gasteiger partial charge in [0.1, 0.15) is 0 Å². The van der Waals surface area contributed by atoms with Crippen LogP contribution in [0.4, 0.5) is 5.95 Å². The molecule has 2 aromatic rings. The summed E-state index contributed by atoms with van der Waals surface area (Å²) < 4.78 is 5.37. The number of aryl methyl sites for hydroxylation is 2. The number of rotatable bonds is 6. The number of carbonyl (C=O) groups excluding carboxylic acids is 1. The second-order valence-corrected chi connectivity index (χ2v) is 6.16. The summed E-state index contributed by atoms with van der Waals surface area (Å²) in [6, 6.07) is 12.0. The molecule has 0 saturated carbocycles. The van der Waals surface area contributed by atoms with Crippen molar-refractivity contribution in [3.8, 4) is 0 Å². The molecule has 1 N–H and O–H groups in total. The molecule has 1 aromatic heterocycles. The monoisotopic (exact) mass is 340 g/mol. The van der Waals surface area contributed by atoms with Gasteiger partial charge in [-0.1, -0.05) is 30.3 Å². The smallest absolute Gasteiger partial charge is 0.225 e. The minimum absolute atomic E-state index is 0.0352. The van der Waals surface area contributed by atoms with Gasteiger partial charge in [0.05, 0.1) is 25.5 Å². The lowest BCUT2D eigenvalue weighted by Gasteiger charge is -2.27. The Morgan fingerprint density at radius 1 is 1.20 bits per heavy atom. The first-order chi connectivity index (χ1) is 12.2. The fourth-order valence-corrected chi connectivity index (χ4v) is 2.79. The summed E-state index contributed by atoms with van der Waals surface area (Å²) in [5.41, 5.74) is 2.91. The van der Waals surface area contributed by atoms with E-state index in [-0.39, 0.29) is 5.91 Å². The molecular formula is C19H24N4O2. The average molecular weight is 340 g/mol. The number of hydrogen-bond donors (Lipinski definition) is 1. The number of anilines is 1. The maximum Gasteiger partial charge on any atom is 0.225 e. The second-order valence-electron chi connectivity index (χ2n) is 6.16. The number of nitrogens with zero attached hydrogens (tertiary/aromatic N) is 3. The number of benzene rings is 1. The summed E-state index contributed by atoms with van der Waals surface area (Å²) in [6.45, 7) is 5.37. The molecule has 6 heteroatoms. The van der Waals surface area contributed by atoms with Crippen LogP contribution in [0.15, 0.2) is 36.4 Å². The maximum absolute atomic E-state index is 12.1. The Kier molecular flexibility index (Phi) is 5.95. The normalized spacial score (nSPS) is 14.4. The molecule has 132 valence electrons. The zero-order chi connectivity index (χ0) is 17.5.